The van der Waals surface area contributed by atoms with Crippen LogP contribution in [0.4, 0.5) is 17.3 Å². The van der Waals surface area contributed by atoms with Crippen molar-refractivity contribution in [3.63, 3.8) is 0 Å². The molecule has 0 radical (unpaired) electrons. The molecular formula is C11H16N4O4. The second kappa shape index (κ2) is 5.98. The van der Waals surface area contributed by atoms with Gasteiger partial charge in [-0.15, -0.1) is 0 Å². The van der Waals surface area contributed by atoms with Gasteiger partial charge in [-0.2, -0.15) is 0 Å². The lowest BCUT2D eigenvalue weighted by Crippen LogP contribution is -2.37. The van der Waals surface area contributed by atoms with Crippen molar-refractivity contribution in [1.29, 1.82) is 0 Å². The molecular weight excluding hydrogens is 252 g/mol. The summed E-state index contributed by atoms with van der Waals surface area (Å²) in [7, 11) is 0. The van der Waals surface area contributed by atoms with Gasteiger partial charge >= 0.3 is 11.7 Å². The average molecular weight is 268 g/mol. The largest absolute Gasteiger partial charge is 0.480 e. The van der Waals surface area contributed by atoms with Gasteiger partial charge in [-0.25, -0.2) is 4.98 Å². The number of rotatable bonds is 6. The van der Waals surface area contributed by atoms with Crippen LogP contribution in [0.25, 0.3) is 0 Å². The van der Waals surface area contributed by atoms with E-state index in [1.807, 2.05) is 13.8 Å². The number of aliphatic carboxylic acids is 1. The third kappa shape index (κ3) is 3.54. The second-order valence-corrected chi connectivity index (χ2v) is 4.11. The number of nitrogens with zero attached hydrogens (tertiary/aromatic N) is 3. The average Bonchev–Trinajstić information content (AvgIpc) is 2.34. The zero-order chi connectivity index (χ0) is 14.6. The summed E-state index contributed by atoms with van der Waals surface area (Å²) < 4.78 is 0. The number of carboxylic acids is 1. The summed E-state index contributed by atoms with van der Waals surface area (Å²) in [5.74, 6) is -0.903. The Morgan fingerprint density at radius 3 is 2.68 bits per heavy atom. The van der Waals surface area contributed by atoms with E-state index < -0.39 is 10.9 Å². The van der Waals surface area contributed by atoms with Gasteiger partial charge in [0.05, 0.1) is 4.92 Å². The van der Waals surface area contributed by atoms with Crippen molar-refractivity contribution in [3.05, 3.63) is 22.2 Å². The Kier molecular flexibility index (Phi) is 4.62. The summed E-state index contributed by atoms with van der Waals surface area (Å²) in [6.07, 6.45) is 0.714. The van der Waals surface area contributed by atoms with Crippen LogP contribution in [0.5, 0.6) is 0 Å². The van der Waals surface area contributed by atoms with Crippen LogP contribution in [0.3, 0.4) is 0 Å². The maximum Gasteiger partial charge on any atom is 0.323 e. The molecule has 0 aliphatic carbocycles. The lowest BCUT2D eigenvalue weighted by atomic mass is 10.2. The molecule has 1 unspecified atom stereocenters. The first kappa shape index (κ1) is 14.7. The van der Waals surface area contributed by atoms with Gasteiger partial charge in [-0.1, -0.05) is 6.92 Å². The Morgan fingerprint density at radius 1 is 1.63 bits per heavy atom. The molecule has 0 fully saturated rings. The van der Waals surface area contributed by atoms with E-state index in [-0.39, 0.29) is 24.1 Å². The summed E-state index contributed by atoms with van der Waals surface area (Å²) >= 11 is 0. The van der Waals surface area contributed by atoms with Gasteiger partial charge < -0.3 is 15.7 Å². The first-order valence-electron chi connectivity index (χ1n) is 5.76. The highest BCUT2D eigenvalue weighted by atomic mass is 16.6. The fourth-order valence-corrected chi connectivity index (χ4v) is 1.60. The van der Waals surface area contributed by atoms with Gasteiger partial charge in [-0.05, 0) is 19.4 Å². The molecule has 1 atom stereocenters. The molecule has 0 aliphatic heterocycles. The summed E-state index contributed by atoms with van der Waals surface area (Å²) in [5.41, 5.74) is 5.22. The first-order valence-corrected chi connectivity index (χ1v) is 5.76. The van der Waals surface area contributed by atoms with Crippen LogP contribution in [0.15, 0.2) is 12.1 Å². The quantitative estimate of drug-likeness (QED) is 0.588. The highest BCUT2D eigenvalue weighted by Gasteiger charge is 2.20. The van der Waals surface area contributed by atoms with Gasteiger partial charge in [0.1, 0.15) is 12.4 Å². The van der Waals surface area contributed by atoms with E-state index in [1.54, 1.807) is 4.90 Å². The normalized spacial score (nSPS) is 11.9. The zero-order valence-corrected chi connectivity index (χ0v) is 10.7. The molecule has 1 aromatic rings. The number of nitrogen functional groups attached to an aromatic ring is 1. The highest BCUT2D eigenvalue weighted by Crippen LogP contribution is 2.24. The Bertz CT molecular complexity index is 492. The minimum atomic E-state index is -1.00. The number of nitro groups is 1. The molecule has 8 nitrogen and oxygen atoms in total. The third-order valence-electron chi connectivity index (χ3n) is 2.81. The maximum atomic E-state index is 10.9. The van der Waals surface area contributed by atoms with Crippen molar-refractivity contribution in [2.45, 2.75) is 26.3 Å². The van der Waals surface area contributed by atoms with E-state index in [0.717, 1.165) is 0 Å². The highest BCUT2D eigenvalue weighted by molar-refractivity contribution is 5.74. The first-order chi connectivity index (χ1) is 8.86. The molecule has 0 aromatic carbocycles. The number of pyridine rings is 1. The predicted octanol–water partition coefficient (Wildman–Crippen LogP) is 1.26. The fraction of sp³-hybridized carbons (Fsp3) is 0.455. The number of nitrogens with two attached hydrogens (primary N) is 1. The topological polar surface area (TPSA) is 123 Å². The summed E-state index contributed by atoms with van der Waals surface area (Å²) in [6.45, 7) is 3.52. The predicted molar refractivity (Wildman–Crippen MR) is 70.0 cm³/mol. The van der Waals surface area contributed by atoms with Crippen LogP contribution < -0.4 is 10.6 Å². The van der Waals surface area contributed by atoms with E-state index in [4.69, 9.17) is 10.8 Å². The monoisotopic (exact) mass is 268 g/mol. The molecule has 1 aromatic heterocycles. The Morgan fingerprint density at radius 2 is 2.26 bits per heavy atom. The number of hydrogen-bond acceptors (Lipinski definition) is 6. The fourth-order valence-electron chi connectivity index (χ4n) is 1.60. The number of carboxylic acid groups (broad SMARTS) is 1. The molecule has 0 amide bonds. The van der Waals surface area contributed by atoms with Crippen molar-refractivity contribution in [3.8, 4) is 0 Å². The molecule has 0 saturated carbocycles. The molecule has 0 aliphatic rings. The van der Waals surface area contributed by atoms with Crippen LogP contribution in [-0.2, 0) is 4.79 Å². The molecule has 3 N–H and O–H groups in total. The zero-order valence-electron chi connectivity index (χ0n) is 10.7. The van der Waals surface area contributed by atoms with Gasteiger partial charge in [0.25, 0.3) is 0 Å². The van der Waals surface area contributed by atoms with Gasteiger partial charge in [0.15, 0.2) is 0 Å². The Balaban J connectivity index is 3.12. The standard InChI is InChI=1S/C11H16N4O4/c1-3-7(2)14(6-10(16)17)9-5-4-8(15(18)19)11(12)13-9/h4-5,7H,3,6H2,1-2H3,(H2,12,13)(H,16,17). The summed E-state index contributed by atoms with van der Waals surface area (Å²) in [4.78, 5) is 26.3. The van der Waals surface area contributed by atoms with Gasteiger partial charge in [0, 0.05) is 12.1 Å². The van der Waals surface area contributed by atoms with E-state index >= 15 is 0 Å². The SMILES string of the molecule is CCC(C)N(CC(=O)O)c1ccc([N+](=O)[O-])c(N)n1. The molecule has 1 rings (SSSR count). The smallest absolute Gasteiger partial charge is 0.323 e. The van der Waals surface area contributed by atoms with Crippen molar-refractivity contribution >= 4 is 23.3 Å². The molecule has 8 heteroatoms. The van der Waals surface area contributed by atoms with Crippen molar-refractivity contribution in [2.24, 2.45) is 0 Å². The summed E-state index contributed by atoms with van der Waals surface area (Å²) in [6, 6.07) is 2.57. The van der Waals surface area contributed by atoms with Crippen LogP contribution >= 0.6 is 0 Å². The van der Waals surface area contributed by atoms with Crippen molar-refractivity contribution in [1.82, 2.24) is 4.98 Å². The Labute approximate surface area is 110 Å². The molecule has 19 heavy (non-hydrogen) atoms. The van der Waals surface area contributed by atoms with Crippen molar-refractivity contribution in [2.75, 3.05) is 17.2 Å². The molecule has 1 heterocycles. The minimum Gasteiger partial charge on any atom is -0.480 e. The number of carbonyl (C=O) groups is 1. The number of hydrogen-bond donors (Lipinski definition) is 2. The van der Waals surface area contributed by atoms with Gasteiger partial charge in [0.2, 0.25) is 5.82 Å². The molecule has 0 spiro atoms. The van der Waals surface area contributed by atoms with E-state index in [0.29, 0.717) is 12.2 Å². The van der Waals surface area contributed by atoms with Crippen molar-refractivity contribution < 1.29 is 14.8 Å². The Hall–Kier alpha value is -2.38. The lowest BCUT2D eigenvalue weighted by molar-refractivity contribution is -0.384. The minimum absolute atomic E-state index is 0.0653. The van der Waals surface area contributed by atoms with E-state index in [1.165, 1.54) is 12.1 Å². The lowest BCUT2D eigenvalue weighted by Gasteiger charge is -2.27. The molecule has 104 valence electrons. The van der Waals surface area contributed by atoms with E-state index in [2.05, 4.69) is 4.98 Å². The maximum absolute atomic E-state index is 10.9. The number of aromatic nitrogens is 1. The van der Waals surface area contributed by atoms with Crippen LogP contribution in [0, 0.1) is 10.1 Å². The molecule has 0 bridgehead atoms. The van der Waals surface area contributed by atoms with Crippen LogP contribution in [0.2, 0.25) is 0 Å². The van der Waals surface area contributed by atoms with Crippen LogP contribution in [-0.4, -0.2) is 33.6 Å². The number of anilines is 2. The van der Waals surface area contributed by atoms with Gasteiger partial charge in [-0.3, -0.25) is 14.9 Å². The second-order valence-electron chi connectivity index (χ2n) is 4.11. The third-order valence-corrected chi connectivity index (χ3v) is 2.81. The van der Waals surface area contributed by atoms with E-state index in [9.17, 15) is 14.9 Å². The molecule has 0 saturated heterocycles. The van der Waals surface area contributed by atoms with Crippen LogP contribution in [0.1, 0.15) is 20.3 Å². The summed E-state index contributed by atoms with van der Waals surface area (Å²) in [5, 5.41) is 19.5.